The summed E-state index contributed by atoms with van der Waals surface area (Å²) in [7, 11) is 0. The Hall–Kier alpha value is -2.93. The molecule has 1 heterocycles. The fourth-order valence-electron chi connectivity index (χ4n) is 2.91. The number of carboxylic acids is 1. The monoisotopic (exact) mass is 515 g/mol. The number of rotatable bonds is 13. The minimum absolute atomic E-state index is 0.0514. The number of hydrogen-bond acceptors (Lipinski definition) is 9. The van der Waals surface area contributed by atoms with Gasteiger partial charge in [-0.3, -0.25) is 0 Å². The first-order valence-corrected chi connectivity index (χ1v) is 12.0. The molecule has 0 aliphatic rings. The maximum Gasteiger partial charge on any atom is 0.408 e. The number of alkyl carbamates (subject to hydrolysis) is 1. The van der Waals surface area contributed by atoms with Gasteiger partial charge in [0.25, 0.3) is 0 Å². The van der Waals surface area contributed by atoms with Crippen LogP contribution in [0.3, 0.4) is 0 Å². The van der Waals surface area contributed by atoms with Crippen molar-refractivity contribution in [2.24, 2.45) is 0 Å². The molecule has 0 aliphatic heterocycles. The first-order valence-electron chi connectivity index (χ1n) is 12.0. The summed E-state index contributed by atoms with van der Waals surface area (Å²) >= 11 is 0. The summed E-state index contributed by atoms with van der Waals surface area (Å²) in [6.45, 7) is 14.6. The predicted molar refractivity (Wildman–Crippen MR) is 129 cm³/mol. The number of ether oxygens (including phenoxy) is 3. The molecular weight excluding hydrogens is 474 g/mol. The van der Waals surface area contributed by atoms with Crippen molar-refractivity contribution < 1.29 is 38.2 Å². The van der Waals surface area contributed by atoms with Crippen molar-refractivity contribution in [3.05, 3.63) is 11.7 Å². The van der Waals surface area contributed by atoms with Crippen LogP contribution in [0.1, 0.15) is 86.0 Å². The van der Waals surface area contributed by atoms with Gasteiger partial charge in [-0.1, -0.05) is 18.5 Å². The molecule has 0 spiro atoms. The molecule has 13 heteroatoms. The Morgan fingerprint density at radius 1 is 1.08 bits per heavy atom. The minimum atomic E-state index is -1.27. The summed E-state index contributed by atoms with van der Waals surface area (Å²) in [6, 6.07) is -2.77. The summed E-state index contributed by atoms with van der Waals surface area (Å²) in [5.74, 6) is -1.04. The van der Waals surface area contributed by atoms with Crippen molar-refractivity contribution >= 4 is 18.1 Å². The fourth-order valence-corrected chi connectivity index (χ4v) is 2.91. The summed E-state index contributed by atoms with van der Waals surface area (Å²) in [5, 5.41) is 20.9. The van der Waals surface area contributed by atoms with Crippen molar-refractivity contribution in [2.45, 2.75) is 104 Å². The minimum Gasteiger partial charge on any atom is -0.480 e. The Morgan fingerprint density at radius 3 is 2.31 bits per heavy atom. The highest BCUT2D eigenvalue weighted by molar-refractivity contribution is 5.82. The number of aliphatic carboxylic acids is 1. The van der Waals surface area contributed by atoms with Crippen LogP contribution in [0.15, 0.2) is 4.52 Å². The van der Waals surface area contributed by atoms with E-state index in [1.165, 1.54) is 0 Å². The van der Waals surface area contributed by atoms with Gasteiger partial charge in [-0.2, -0.15) is 4.98 Å². The molecule has 36 heavy (non-hydrogen) atoms. The number of amides is 3. The second-order valence-electron chi connectivity index (χ2n) is 10.3. The number of hydrogen-bond donors (Lipinski definition) is 4. The van der Waals surface area contributed by atoms with E-state index < -0.39 is 47.5 Å². The molecule has 4 N–H and O–H groups in total. The van der Waals surface area contributed by atoms with Crippen LogP contribution in [-0.4, -0.2) is 69.9 Å². The lowest BCUT2D eigenvalue weighted by Gasteiger charge is -2.29. The molecule has 3 unspecified atom stereocenters. The van der Waals surface area contributed by atoms with Crippen LogP contribution in [0.5, 0.6) is 0 Å². The maximum atomic E-state index is 12.3. The summed E-state index contributed by atoms with van der Waals surface area (Å²) < 4.78 is 21.7. The summed E-state index contributed by atoms with van der Waals surface area (Å²) in [6.07, 6.45) is 0.359. The van der Waals surface area contributed by atoms with Crippen molar-refractivity contribution in [1.82, 2.24) is 26.1 Å². The number of nitrogens with zero attached hydrogens (tertiary/aromatic N) is 2. The van der Waals surface area contributed by atoms with E-state index in [1.54, 1.807) is 48.5 Å². The molecule has 0 saturated heterocycles. The third-order valence-corrected chi connectivity index (χ3v) is 4.37. The number of nitrogens with one attached hydrogen (secondary N) is 3. The van der Waals surface area contributed by atoms with Crippen LogP contribution in [0.2, 0.25) is 0 Å². The molecule has 0 aliphatic carbocycles. The Balaban J connectivity index is 2.77. The van der Waals surface area contributed by atoms with E-state index in [2.05, 4.69) is 26.1 Å². The van der Waals surface area contributed by atoms with Gasteiger partial charge in [0.05, 0.1) is 24.9 Å². The zero-order valence-electron chi connectivity index (χ0n) is 22.5. The zero-order chi connectivity index (χ0) is 27.5. The fraction of sp³-hybridized carbons (Fsp3) is 0.783. The van der Waals surface area contributed by atoms with E-state index in [1.807, 2.05) is 6.92 Å². The van der Waals surface area contributed by atoms with E-state index >= 15 is 0 Å². The van der Waals surface area contributed by atoms with Gasteiger partial charge < -0.3 is 39.8 Å². The predicted octanol–water partition coefficient (Wildman–Crippen LogP) is 2.91. The van der Waals surface area contributed by atoms with Gasteiger partial charge in [0, 0.05) is 6.61 Å². The van der Waals surface area contributed by atoms with Gasteiger partial charge >= 0.3 is 18.1 Å². The number of carbonyl (C=O) groups excluding carboxylic acids is 2. The highest BCUT2D eigenvalue weighted by atomic mass is 16.6. The van der Waals surface area contributed by atoms with Crippen molar-refractivity contribution in [3.8, 4) is 0 Å². The second kappa shape index (κ2) is 14.0. The molecule has 3 amide bonds. The molecule has 0 fully saturated rings. The zero-order valence-corrected chi connectivity index (χ0v) is 22.5. The Kier molecular flexibility index (Phi) is 12.1. The van der Waals surface area contributed by atoms with Gasteiger partial charge in [0.1, 0.15) is 11.6 Å². The van der Waals surface area contributed by atoms with Crippen LogP contribution in [0.4, 0.5) is 9.59 Å². The first-order chi connectivity index (χ1) is 16.6. The van der Waals surface area contributed by atoms with Crippen LogP contribution in [-0.2, 0) is 25.5 Å². The van der Waals surface area contributed by atoms with Gasteiger partial charge in [-0.25, -0.2) is 14.4 Å². The standard InChI is InChI=1S/C23H41N5O8/c1-9-10-11-33-13-15(25-21(32)35-23(6,7)8)18-26-16(36-28-18)12-24-20(31)27-17(19(29)30)14(2)34-22(3,4)5/h14-15,17H,9-13H2,1-8H3,(H,25,32)(H,29,30)(H2,24,27,31). The Bertz CT molecular complexity index is 846. The number of aromatic nitrogens is 2. The average Bonchev–Trinajstić information content (AvgIpc) is 3.18. The van der Waals surface area contributed by atoms with E-state index in [0.717, 1.165) is 12.8 Å². The SMILES string of the molecule is CCCCOCC(NC(=O)OC(C)(C)C)c1noc(CNC(=O)NC(C(=O)O)C(C)OC(C)(C)C)n1. The Morgan fingerprint density at radius 2 is 1.75 bits per heavy atom. The van der Waals surface area contributed by atoms with Gasteiger partial charge in [-0.05, 0) is 54.9 Å². The molecule has 3 atom stereocenters. The van der Waals surface area contributed by atoms with Crippen molar-refractivity contribution in [3.63, 3.8) is 0 Å². The highest BCUT2D eigenvalue weighted by Crippen LogP contribution is 2.15. The van der Waals surface area contributed by atoms with Crippen LogP contribution >= 0.6 is 0 Å². The van der Waals surface area contributed by atoms with Gasteiger partial charge in [0.2, 0.25) is 5.89 Å². The highest BCUT2D eigenvalue weighted by Gasteiger charge is 2.30. The third-order valence-electron chi connectivity index (χ3n) is 4.37. The molecule has 0 saturated carbocycles. The summed E-state index contributed by atoms with van der Waals surface area (Å²) in [4.78, 5) is 40.4. The normalized spacial score (nSPS) is 14.4. The average molecular weight is 516 g/mol. The van der Waals surface area contributed by atoms with E-state index in [0.29, 0.717) is 6.61 Å². The van der Waals surface area contributed by atoms with Gasteiger partial charge in [0.15, 0.2) is 11.9 Å². The molecule has 206 valence electrons. The quantitative estimate of drug-likeness (QED) is 0.286. The van der Waals surface area contributed by atoms with Crippen LogP contribution in [0.25, 0.3) is 0 Å². The molecule has 0 bridgehead atoms. The summed E-state index contributed by atoms with van der Waals surface area (Å²) in [5.41, 5.74) is -1.28. The lowest BCUT2D eigenvalue weighted by Crippen LogP contribution is -2.53. The van der Waals surface area contributed by atoms with Gasteiger partial charge in [-0.15, -0.1) is 0 Å². The van der Waals surface area contributed by atoms with Crippen LogP contribution < -0.4 is 16.0 Å². The van der Waals surface area contributed by atoms with E-state index in [9.17, 15) is 19.5 Å². The van der Waals surface area contributed by atoms with Crippen molar-refractivity contribution in [1.29, 1.82) is 0 Å². The largest absolute Gasteiger partial charge is 0.480 e. The van der Waals surface area contributed by atoms with E-state index in [4.69, 9.17) is 18.7 Å². The third kappa shape index (κ3) is 12.7. The lowest BCUT2D eigenvalue weighted by atomic mass is 10.1. The molecule has 0 radical (unpaired) electrons. The first kappa shape index (κ1) is 31.1. The molecule has 0 aromatic carbocycles. The van der Waals surface area contributed by atoms with E-state index in [-0.39, 0.29) is 24.9 Å². The topological polar surface area (TPSA) is 174 Å². The van der Waals surface area contributed by atoms with Crippen molar-refractivity contribution in [2.75, 3.05) is 13.2 Å². The second-order valence-corrected chi connectivity index (χ2v) is 10.3. The number of urea groups is 1. The number of carbonyl (C=O) groups is 3. The molecule has 1 rings (SSSR count). The molecule has 13 nitrogen and oxygen atoms in total. The molecule has 1 aromatic rings. The smallest absolute Gasteiger partial charge is 0.408 e. The number of unbranched alkanes of at least 4 members (excludes halogenated alkanes) is 1. The Labute approximate surface area is 212 Å². The number of carboxylic acid groups (broad SMARTS) is 1. The molecule has 1 aromatic heterocycles. The lowest BCUT2D eigenvalue weighted by molar-refractivity contribution is -0.146. The molecular formula is C23H41N5O8. The van der Waals surface area contributed by atoms with Crippen LogP contribution in [0, 0.1) is 0 Å². The maximum absolute atomic E-state index is 12.3.